The van der Waals surface area contributed by atoms with Crippen molar-refractivity contribution in [1.82, 2.24) is 14.9 Å². The summed E-state index contributed by atoms with van der Waals surface area (Å²) in [7, 11) is 0. The predicted octanol–water partition coefficient (Wildman–Crippen LogP) is 1.60. The fraction of sp³-hybridized carbons (Fsp3) is 0.250. The highest BCUT2D eigenvalue weighted by atomic mass is 16.5. The molecule has 0 fully saturated rings. The molecule has 2 N–H and O–H groups in total. The van der Waals surface area contributed by atoms with Crippen LogP contribution in [0.25, 0.3) is 0 Å². The van der Waals surface area contributed by atoms with Gasteiger partial charge in [-0.15, -0.1) is 0 Å². The number of H-pyrrole nitrogens is 1. The minimum Gasteiger partial charge on any atom is -0.492 e. The van der Waals surface area contributed by atoms with Crippen LogP contribution < -0.4 is 21.3 Å². The number of aromatic amines is 1. The number of nitrogens with one attached hydrogen (secondary N) is 2. The minimum atomic E-state index is -0.687. The first-order chi connectivity index (χ1) is 13.4. The molecule has 146 valence electrons. The van der Waals surface area contributed by atoms with Gasteiger partial charge in [0.15, 0.2) is 0 Å². The van der Waals surface area contributed by atoms with Gasteiger partial charge in [0.2, 0.25) is 0 Å². The third kappa shape index (κ3) is 4.59. The lowest BCUT2D eigenvalue weighted by molar-refractivity contribution is 0.0944. The van der Waals surface area contributed by atoms with Crippen LogP contribution in [0.5, 0.6) is 5.75 Å². The molecule has 2 aromatic heterocycles. The smallest absolute Gasteiger partial charge is 0.328 e. The second kappa shape index (κ2) is 8.43. The molecule has 8 nitrogen and oxygen atoms in total. The Bertz CT molecular complexity index is 1060. The van der Waals surface area contributed by atoms with Gasteiger partial charge in [0.25, 0.3) is 11.5 Å². The molecule has 0 bridgehead atoms. The van der Waals surface area contributed by atoms with Crippen molar-refractivity contribution < 1.29 is 13.9 Å². The standard InChI is InChI=1S/C20H21N3O5/c1-13-8-14(2)10-16(9-13)28-7-5-21-18(24)17-11-22-20(26)23(19(17)25)12-15-4-3-6-27-15/h3-4,6,8-11H,5,7,12H2,1-2H3,(H,21,24)(H,22,26). The molecule has 1 aromatic carbocycles. The number of carbonyl (C=O) groups excluding carboxylic acids is 1. The Morgan fingerprint density at radius 2 is 1.96 bits per heavy atom. The molecule has 3 aromatic rings. The van der Waals surface area contributed by atoms with E-state index in [9.17, 15) is 14.4 Å². The molecule has 2 heterocycles. The van der Waals surface area contributed by atoms with Gasteiger partial charge in [-0.05, 0) is 49.2 Å². The van der Waals surface area contributed by atoms with Crippen LogP contribution in [0, 0.1) is 13.8 Å². The molecule has 0 radical (unpaired) electrons. The van der Waals surface area contributed by atoms with E-state index in [1.807, 2.05) is 32.0 Å². The number of nitrogens with zero attached hydrogens (tertiary/aromatic N) is 1. The molecule has 0 aliphatic rings. The van der Waals surface area contributed by atoms with Gasteiger partial charge in [-0.2, -0.15) is 0 Å². The predicted molar refractivity (Wildman–Crippen MR) is 103 cm³/mol. The summed E-state index contributed by atoms with van der Waals surface area (Å²) in [5.74, 6) is 0.571. The van der Waals surface area contributed by atoms with Gasteiger partial charge in [-0.3, -0.25) is 14.2 Å². The molecule has 28 heavy (non-hydrogen) atoms. The monoisotopic (exact) mass is 383 g/mol. The van der Waals surface area contributed by atoms with E-state index in [0.29, 0.717) is 5.76 Å². The molecule has 0 aliphatic carbocycles. The van der Waals surface area contributed by atoms with E-state index in [1.165, 1.54) is 6.26 Å². The summed E-state index contributed by atoms with van der Waals surface area (Å²) >= 11 is 0. The van der Waals surface area contributed by atoms with Crippen molar-refractivity contribution in [3.8, 4) is 5.75 Å². The van der Waals surface area contributed by atoms with E-state index in [1.54, 1.807) is 12.1 Å². The zero-order chi connectivity index (χ0) is 20.1. The molecule has 0 saturated heterocycles. The van der Waals surface area contributed by atoms with Gasteiger partial charge in [0, 0.05) is 6.20 Å². The summed E-state index contributed by atoms with van der Waals surface area (Å²) in [6.45, 7) is 4.36. The third-order valence-corrected chi connectivity index (χ3v) is 4.05. The van der Waals surface area contributed by atoms with E-state index in [2.05, 4.69) is 10.3 Å². The second-order valence-corrected chi connectivity index (χ2v) is 6.41. The van der Waals surface area contributed by atoms with Crippen molar-refractivity contribution in [3.63, 3.8) is 0 Å². The van der Waals surface area contributed by atoms with Crippen molar-refractivity contribution in [1.29, 1.82) is 0 Å². The van der Waals surface area contributed by atoms with Crippen LogP contribution in [0.4, 0.5) is 0 Å². The number of furan rings is 1. The topological polar surface area (TPSA) is 106 Å². The molecule has 8 heteroatoms. The number of benzene rings is 1. The first kappa shape index (κ1) is 19.2. The van der Waals surface area contributed by atoms with Crippen LogP contribution in [-0.4, -0.2) is 28.6 Å². The Balaban J connectivity index is 1.62. The van der Waals surface area contributed by atoms with Gasteiger partial charge in [-0.1, -0.05) is 6.07 Å². The molecule has 0 saturated carbocycles. The van der Waals surface area contributed by atoms with Crippen molar-refractivity contribution in [2.75, 3.05) is 13.2 Å². The van der Waals surface area contributed by atoms with Gasteiger partial charge >= 0.3 is 5.69 Å². The highest BCUT2D eigenvalue weighted by Crippen LogP contribution is 2.15. The fourth-order valence-corrected chi connectivity index (χ4v) is 2.82. The quantitative estimate of drug-likeness (QED) is 0.603. The number of aromatic nitrogens is 2. The van der Waals surface area contributed by atoms with Crippen molar-refractivity contribution in [2.45, 2.75) is 20.4 Å². The Kier molecular flexibility index (Phi) is 5.78. The number of carbonyl (C=O) groups is 1. The van der Waals surface area contributed by atoms with E-state index in [4.69, 9.17) is 9.15 Å². The molecule has 0 spiro atoms. The average molecular weight is 383 g/mol. The van der Waals surface area contributed by atoms with Crippen LogP contribution in [-0.2, 0) is 6.54 Å². The number of rotatable bonds is 7. The summed E-state index contributed by atoms with van der Waals surface area (Å²) < 4.78 is 11.7. The summed E-state index contributed by atoms with van der Waals surface area (Å²) in [4.78, 5) is 39.2. The lowest BCUT2D eigenvalue weighted by Gasteiger charge is -2.10. The number of amides is 1. The first-order valence-electron chi connectivity index (χ1n) is 8.78. The third-order valence-electron chi connectivity index (χ3n) is 4.05. The van der Waals surface area contributed by atoms with Crippen molar-refractivity contribution in [3.05, 3.63) is 86.1 Å². The van der Waals surface area contributed by atoms with Crippen LogP contribution in [0.3, 0.4) is 0 Å². The Morgan fingerprint density at radius 3 is 2.64 bits per heavy atom. The largest absolute Gasteiger partial charge is 0.492 e. The zero-order valence-electron chi connectivity index (χ0n) is 15.7. The lowest BCUT2D eigenvalue weighted by atomic mass is 10.1. The normalized spacial score (nSPS) is 10.6. The van der Waals surface area contributed by atoms with Crippen LogP contribution in [0.2, 0.25) is 0 Å². The van der Waals surface area contributed by atoms with Crippen molar-refractivity contribution in [2.24, 2.45) is 0 Å². The molecule has 0 aliphatic heterocycles. The number of ether oxygens (including phenoxy) is 1. The highest BCUT2D eigenvalue weighted by molar-refractivity contribution is 5.93. The molecule has 1 amide bonds. The van der Waals surface area contributed by atoms with Crippen LogP contribution in [0.15, 0.2) is 56.8 Å². The summed E-state index contributed by atoms with van der Waals surface area (Å²) in [6.07, 6.45) is 2.56. The van der Waals surface area contributed by atoms with Crippen molar-refractivity contribution >= 4 is 5.91 Å². The number of hydrogen-bond donors (Lipinski definition) is 2. The second-order valence-electron chi connectivity index (χ2n) is 6.41. The molecule has 3 rings (SSSR count). The lowest BCUT2D eigenvalue weighted by Crippen LogP contribution is -2.41. The SMILES string of the molecule is Cc1cc(C)cc(OCCNC(=O)c2c[nH]c(=O)n(Cc3ccco3)c2=O)c1. The average Bonchev–Trinajstić information content (AvgIpc) is 3.14. The first-order valence-corrected chi connectivity index (χ1v) is 8.78. The maximum Gasteiger partial charge on any atom is 0.328 e. The Labute approximate surface area is 160 Å². The van der Waals surface area contributed by atoms with Gasteiger partial charge in [0.05, 0.1) is 19.4 Å². The maximum atomic E-state index is 12.5. The van der Waals surface area contributed by atoms with E-state index in [0.717, 1.165) is 27.6 Å². The number of aryl methyl sites for hydroxylation is 2. The van der Waals surface area contributed by atoms with Crippen LogP contribution in [0.1, 0.15) is 27.2 Å². The van der Waals surface area contributed by atoms with E-state index >= 15 is 0 Å². The molecule has 0 unspecified atom stereocenters. The summed E-state index contributed by atoms with van der Waals surface area (Å²) in [5, 5.41) is 2.62. The zero-order valence-corrected chi connectivity index (χ0v) is 15.7. The van der Waals surface area contributed by atoms with E-state index < -0.39 is 17.2 Å². The van der Waals surface area contributed by atoms with Gasteiger partial charge in [0.1, 0.15) is 23.7 Å². The van der Waals surface area contributed by atoms with E-state index in [-0.39, 0.29) is 25.3 Å². The van der Waals surface area contributed by atoms with Crippen LogP contribution >= 0.6 is 0 Å². The fourth-order valence-electron chi connectivity index (χ4n) is 2.82. The Morgan fingerprint density at radius 1 is 1.21 bits per heavy atom. The van der Waals surface area contributed by atoms with Gasteiger partial charge < -0.3 is 19.5 Å². The Hall–Kier alpha value is -3.55. The number of hydrogen-bond acceptors (Lipinski definition) is 5. The van der Waals surface area contributed by atoms with Gasteiger partial charge in [-0.25, -0.2) is 4.79 Å². The summed E-state index contributed by atoms with van der Waals surface area (Å²) in [5.41, 5.74) is 0.718. The highest BCUT2D eigenvalue weighted by Gasteiger charge is 2.15. The molecule has 0 atom stereocenters. The maximum absolute atomic E-state index is 12.5. The summed E-state index contributed by atoms with van der Waals surface area (Å²) in [6, 6.07) is 9.15. The molecular weight excluding hydrogens is 362 g/mol. The minimum absolute atomic E-state index is 0.0574. The molecular formula is C20H21N3O5.